The van der Waals surface area contributed by atoms with Crippen LogP contribution in [0, 0.1) is 29.2 Å². The van der Waals surface area contributed by atoms with Crippen molar-refractivity contribution in [2.24, 2.45) is 0 Å². The molecule has 0 aliphatic carbocycles. The SMILES string of the molecule is [C-]#[N+]c1ccc2c(c1)c1ccccc1n2-c1ccc(-c2ccc(-n3c4ccccc4c4c5oc6ccc(C#N)cc6c5ccc43)cc2)c(C#N)c1. The lowest BCUT2D eigenvalue weighted by Crippen LogP contribution is -1.96. The summed E-state index contributed by atoms with van der Waals surface area (Å²) in [4.78, 5) is 3.64. The molecule has 0 unspecified atom stereocenters. The number of benzene rings is 7. The van der Waals surface area contributed by atoms with Gasteiger partial charge in [0.2, 0.25) is 0 Å². The van der Waals surface area contributed by atoms with Gasteiger partial charge in [0.05, 0.1) is 57.3 Å². The van der Waals surface area contributed by atoms with Crippen molar-refractivity contribution < 1.29 is 4.42 Å². The maximum atomic E-state index is 10.4. The summed E-state index contributed by atoms with van der Waals surface area (Å²) < 4.78 is 10.9. The third-order valence-corrected chi connectivity index (χ3v) is 10.0. The molecule has 0 aliphatic rings. The Balaban J connectivity index is 1.10. The lowest BCUT2D eigenvalue weighted by Gasteiger charge is -2.12. The van der Waals surface area contributed by atoms with Crippen LogP contribution in [0.4, 0.5) is 5.69 Å². The highest BCUT2D eigenvalue weighted by atomic mass is 16.3. The molecular weight excluding hydrogens is 627 g/mol. The number of para-hydroxylation sites is 2. The van der Waals surface area contributed by atoms with Crippen LogP contribution in [-0.2, 0) is 0 Å². The van der Waals surface area contributed by atoms with Crippen molar-refractivity contribution >= 4 is 71.2 Å². The molecule has 0 spiro atoms. The lowest BCUT2D eigenvalue weighted by molar-refractivity contribution is 0.673. The molecular formula is C45H23N5O. The first-order chi connectivity index (χ1) is 25.1. The second kappa shape index (κ2) is 10.7. The van der Waals surface area contributed by atoms with Gasteiger partial charge in [-0.2, -0.15) is 10.5 Å². The number of fused-ring (bicyclic) bond motifs is 10. The number of hydrogen-bond donors (Lipinski definition) is 0. The summed E-state index contributed by atoms with van der Waals surface area (Å²) in [5.41, 5.74) is 11.1. The van der Waals surface area contributed by atoms with E-state index in [1.54, 1.807) is 6.07 Å². The highest BCUT2D eigenvalue weighted by Gasteiger charge is 2.19. The summed E-state index contributed by atoms with van der Waals surface area (Å²) in [5, 5.41) is 26.0. The molecule has 0 N–H and O–H groups in total. The molecule has 0 amide bonds. The molecule has 0 saturated heterocycles. The van der Waals surface area contributed by atoms with Gasteiger partial charge in [0.25, 0.3) is 0 Å². The molecule has 0 saturated carbocycles. The average molecular weight is 650 g/mol. The van der Waals surface area contributed by atoms with Crippen molar-refractivity contribution in [1.82, 2.24) is 9.13 Å². The van der Waals surface area contributed by atoms with E-state index in [9.17, 15) is 10.5 Å². The summed E-state index contributed by atoms with van der Waals surface area (Å²) in [6, 6.07) is 51.1. The van der Waals surface area contributed by atoms with E-state index in [-0.39, 0.29) is 0 Å². The number of nitrogens with zero attached hydrogens (tertiary/aromatic N) is 5. The molecule has 3 aromatic heterocycles. The minimum absolute atomic E-state index is 0.577. The lowest BCUT2D eigenvalue weighted by atomic mass is 9.99. The Kier molecular flexibility index (Phi) is 5.97. The minimum Gasteiger partial charge on any atom is -0.455 e. The fraction of sp³-hybridized carbons (Fsp3) is 0. The van der Waals surface area contributed by atoms with Gasteiger partial charge in [0.15, 0.2) is 5.69 Å². The predicted molar refractivity (Wildman–Crippen MR) is 204 cm³/mol. The van der Waals surface area contributed by atoms with Crippen molar-refractivity contribution in [1.29, 1.82) is 10.5 Å². The number of aromatic nitrogens is 2. The van der Waals surface area contributed by atoms with Gasteiger partial charge in [0.1, 0.15) is 11.2 Å². The van der Waals surface area contributed by atoms with Gasteiger partial charge >= 0.3 is 0 Å². The fourth-order valence-corrected chi connectivity index (χ4v) is 7.75. The van der Waals surface area contributed by atoms with E-state index >= 15 is 0 Å². The first-order valence-electron chi connectivity index (χ1n) is 16.5. The zero-order valence-corrected chi connectivity index (χ0v) is 26.9. The van der Waals surface area contributed by atoms with Gasteiger partial charge < -0.3 is 13.6 Å². The predicted octanol–water partition coefficient (Wildman–Crippen LogP) is 11.7. The molecule has 0 fully saturated rings. The van der Waals surface area contributed by atoms with E-state index in [0.29, 0.717) is 16.8 Å². The van der Waals surface area contributed by atoms with Crippen LogP contribution in [0.2, 0.25) is 0 Å². The molecule has 51 heavy (non-hydrogen) atoms. The van der Waals surface area contributed by atoms with Crippen molar-refractivity contribution in [3.05, 3.63) is 162 Å². The van der Waals surface area contributed by atoms with E-state index < -0.39 is 0 Å². The molecule has 3 heterocycles. The summed E-state index contributed by atoms with van der Waals surface area (Å²) in [6.07, 6.45) is 0. The van der Waals surface area contributed by atoms with E-state index in [1.807, 2.05) is 66.7 Å². The van der Waals surface area contributed by atoms with Crippen LogP contribution in [0.25, 0.3) is 92.9 Å². The minimum atomic E-state index is 0.577. The number of furan rings is 1. The van der Waals surface area contributed by atoms with Crippen LogP contribution in [0.15, 0.2) is 144 Å². The Labute approximate surface area is 291 Å². The smallest absolute Gasteiger partial charge is 0.188 e. The molecule has 6 heteroatoms. The van der Waals surface area contributed by atoms with Crippen molar-refractivity contribution in [3.63, 3.8) is 0 Å². The molecule has 10 rings (SSSR count). The Hall–Kier alpha value is -7.59. The molecule has 7 aromatic carbocycles. The zero-order chi connectivity index (χ0) is 34.2. The molecule has 6 nitrogen and oxygen atoms in total. The highest BCUT2D eigenvalue weighted by molar-refractivity contribution is 6.24. The van der Waals surface area contributed by atoms with E-state index in [1.165, 1.54) is 0 Å². The second-order valence-electron chi connectivity index (χ2n) is 12.7. The Morgan fingerprint density at radius 2 is 1.25 bits per heavy atom. The van der Waals surface area contributed by atoms with Gasteiger partial charge in [0, 0.05) is 32.9 Å². The van der Waals surface area contributed by atoms with Crippen LogP contribution < -0.4 is 0 Å². The quantitative estimate of drug-likeness (QED) is 0.179. The second-order valence-corrected chi connectivity index (χ2v) is 12.7. The third-order valence-electron chi connectivity index (χ3n) is 10.0. The molecule has 0 radical (unpaired) electrons. The number of rotatable bonds is 3. The third kappa shape index (κ3) is 4.07. The molecule has 0 bridgehead atoms. The Morgan fingerprint density at radius 1 is 0.549 bits per heavy atom. The summed E-state index contributed by atoms with van der Waals surface area (Å²) in [5.74, 6) is 0. The normalized spacial score (nSPS) is 11.5. The average Bonchev–Trinajstić information content (AvgIpc) is 3.84. The fourth-order valence-electron chi connectivity index (χ4n) is 7.75. The Bertz CT molecular complexity index is 3230. The van der Waals surface area contributed by atoms with Crippen molar-refractivity contribution in [3.8, 4) is 34.6 Å². The standard InChI is InChI=1S/C45H23N5O/c1-48-30-13-19-41-37(24-30)34-6-2-4-8-39(34)50(41)32-16-17-33(29(23-32)26-47)28-11-14-31(15-12-28)49-40-9-5-3-7-36(40)44-42(49)20-18-35-38-22-27(25-46)10-21-43(38)51-45(35)44/h2-24H. The van der Waals surface area contributed by atoms with Gasteiger partial charge in [-0.25, -0.2) is 4.85 Å². The van der Waals surface area contributed by atoms with E-state index in [4.69, 9.17) is 11.0 Å². The Morgan fingerprint density at radius 3 is 2.04 bits per heavy atom. The zero-order valence-electron chi connectivity index (χ0n) is 26.9. The van der Waals surface area contributed by atoms with Gasteiger partial charge in [-0.1, -0.05) is 60.7 Å². The van der Waals surface area contributed by atoms with Crippen LogP contribution in [0.3, 0.4) is 0 Å². The van der Waals surface area contributed by atoms with Crippen molar-refractivity contribution in [2.75, 3.05) is 0 Å². The molecule has 234 valence electrons. The van der Waals surface area contributed by atoms with Gasteiger partial charge in [-0.05, 0) is 95.4 Å². The maximum absolute atomic E-state index is 10.4. The summed E-state index contributed by atoms with van der Waals surface area (Å²) in [7, 11) is 0. The van der Waals surface area contributed by atoms with Gasteiger partial charge in [-0.15, -0.1) is 0 Å². The summed E-state index contributed by atoms with van der Waals surface area (Å²) in [6.45, 7) is 7.51. The first-order valence-corrected chi connectivity index (χ1v) is 16.5. The number of nitriles is 2. The van der Waals surface area contributed by atoms with Crippen LogP contribution in [-0.4, -0.2) is 9.13 Å². The van der Waals surface area contributed by atoms with Gasteiger partial charge in [-0.3, -0.25) is 0 Å². The first kappa shape index (κ1) is 28.4. The van der Waals surface area contributed by atoms with E-state index in [0.717, 1.165) is 88.1 Å². The van der Waals surface area contributed by atoms with Crippen LogP contribution >= 0.6 is 0 Å². The van der Waals surface area contributed by atoms with Crippen LogP contribution in [0.1, 0.15) is 11.1 Å². The van der Waals surface area contributed by atoms with Crippen molar-refractivity contribution in [2.45, 2.75) is 0 Å². The molecule has 0 atom stereocenters. The highest BCUT2D eigenvalue weighted by Crippen LogP contribution is 2.41. The summed E-state index contributed by atoms with van der Waals surface area (Å²) >= 11 is 0. The topological polar surface area (TPSA) is 74.9 Å². The monoisotopic (exact) mass is 649 g/mol. The molecule has 10 aromatic rings. The number of hydrogen-bond acceptors (Lipinski definition) is 3. The van der Waals surface area contributed by atoms with E-state index in [2.05, 4.69) is 92.8 Å². The molecule has 0 aliphatic heterocycles. The maximum Gasteiger partial charge on any atom is 0.188 e. The van der Waals surface area contributed by atoms with Crippen LogP contribution in [0.5, 0.6) is 0 Å². The largest absolute Gasteiger partial charge is 0.455 e.